The molecule has 0 aromatic rings. The average Bonchev–Trinajstić information content (AvgIpc) is 2.52. The van der Waals surface area contributed by atoms with Crippen molar-refractivity contribution in [2.45, 2.75) is 45.2 Å². The van der Waals surface area contributed by atoms with Crippen molar-refractivity contribution >= 4 is 0 Å². The Morgan fingerprint density at radius 1 is 1.12 bits per heavy atom. The van der Waals surface area contributed by atoms with Crippen molar-refractivity contribution in [2.75, 3.05) is 20.8 Å². The molecule has 0 heterocycles. The number of methoxy groups -OCH3 is 2. The molecular formula is C12H24O4. The Balaban J connectivity index is 2.89. The summed E-state index contributed by atoms with van der Waals surface area (Å²) in [5, 5.41) is 9.87. The molecule has 1 saturated carbocycles. The fourth-order valence-corrected chi connectivity index (χ4v) is 2.89. The van der Waals surface area contributed by atoms with E-state index in [9.17, 15) is 5.11 Å². The number of ether oxygens (including phenoxy) is 3. The maximum atomic E-state index is 9.87. The molecular weight excluding hydrogens is 208 g/mol. The molecule has 1 rings (SSSR count). The molecule has 96 valence electrons. The molecule has 0 aliphatic heterocycles. The first-order valence-electron chi connectivity index (χ1n) is 5.93. The lowest BCUT2D eigenvalue weighted by atomic mass is 9.96. The number of hydrogen-bond donors (Lipinski definition) is 1. The topological polar surface area (TPSA) is 47.9 Å². The minimum atomic E-state index is -0.455. The van der Waals surface area contributed by atoms with E-state index < -0.39 is 6.10 Å². The second kappa shape index (κ2) is 5.96. The third-order valence-corrected chi connectivity index (χ3v) is 3.58. The summed E-state index contributed by atoms with van der Waals surface area (Å²) in [6.45, 7) is 6.48. The van der Waals surface area contributed by atoms with E-state index in [0.29, 0.717) is 6.61 Å². The van der Waals surface area contributed by atoms with Gasteiger partial charge >= 0.3 is 0 Å². The Kier molecular flexibility index (Phi) is 5.18. The second-order valence-electron chi connectivity index (χ2n) is 4.50. The van der Waals surface area contributed by atoms with Gasteiger partial charge in [0.1, 0.15) is 0 Å². The fourth-order valence-electron chi connectivity index (χ4n) is 2.89. The molecule has 4 nitrogen and oxygen atoms in total. The van der Waals surface area contributed by atoms with E-state index in [-0.39, 0.29) is 30.1 Å². The molecule has 1 N–H and O–H groups in total. The summed E-state index contributed by atoms with van der Waals surface area (Å²) in [5.74, 6) is 0.208. The number of aliphatic hydroxyl groups is 1. The van der Waals surface area contributed by atoms with Crippen LogP contribution in [0.1, 0.15) is 20.8 Å². The molecule has 1 aliphatic rings. The molecule has 0 radical (unpaired) electrons. The third-order valence-electron chi connectivity index (χ3n) is 3.58. The van der Waals surface area contributed by atoms with Crippen LogP contribution in [0, 0.1) is 11.8 Å². The van der Waals surface area contributed by atoms with Crippen LogP contribution >= 0.6 is 0 Å². The van der Waals surface area contributed by atoms with E-state index >= 15 is 0 Å². The Bertz CT molecular complexity index is 207. The minimum absolute atomic E-state index is 0.0000926. The predicted molar refractivity (Wildman–Crippen MR) is 61.3 cm³/mol. The first-order chi connectivity index (χ1) is 7.58. The monoisotopic (exact) mass is 232 g/mol. The summed E-state index contributed by atoms with van der Waals surface area (Å²) in [5.41, 5.74) is 0. The zero-order valence-electron chi connectivity index (χ0n) is 10.8. The first kappa shape index (κ1) is 13.9. The molecule has 0 spiro atoms. The van der Waals surface area contributed by atoms with Crippen LogP contribution in [0.25, 0.3) is 0 Å². The lowest BCUT2D eigenvalue weighted by Gasteiger charge is -2.27. The van der Waals surface area contributed by atoms with Crippen molar-refractivity contribution in [1.29, 1.82) is 0 Å². The quantitative estimate of drug-likeness (QED) is 0.770. The van der Waals surface area contributed by atoms with Gasteiger partial charge in [0.15, 0.2) is 0 Å². The average molecular weight is 232 g/mol. The number of rotatable bonds is 5. The summed E-state index contributed by atoms with van der Waals surface area (Å²) in [6, 6.07) is 0. The van der Waals surface area contributed by atoms with Gasteiger partial charge in [-0.2, -0.15) is 0 Å². The van der Waals surface area contributed by atoms with Crippen LogP contribution in [0.4, 0.5) is 0 Å². The second-order valence-corrected chi connectivity index (χ2v) is 4.50. The normalized spacial score (nSPS) is 41.2. The largest absolute Gasteiger partial charge is 0.393 e. The zero-order chi connectivity index (χ0) is 12.3. The molecule has 0 aromatic carbocycles. The highest BCUT2D eigenvalue weighted by Crippen LogP contribution is 2.39. The zero-order valence-corrected chi connectivity index (χ0v) is 10.8. The summed E-state index contributed by atoms with van der Waals surface area (Å²) in [6.07, 6.45) is -0.568. The third kappa shape index (κ3) is 2.40. The van der Waals surface area contributed by atoms with Crippen molar-refractivity contribution in [3.8, 4) is 0 Å². The predicted octanol–water partition coefficient (Wildman–Crippen LogP) is 1.07. The van der Waals surface area contributed by atoms with Crippen LogP contribution in [-0.4, -0.2) is 50.3 Å². The van der Waals surface area contributed by atoms with E-state index in [1.54, 1.807) is 21.1 Å². The van der Waals surface area contributed by atoms with Gasteiger partial charge in [-0.05, 0) is 13.8 Å². The van der Waals surface area contributed by atoms with Gasteiger partial charge in [-0.15, -0.1) is 0 Å². The highest BCUT2D eigenvalue weighted by Gasteiger charge is 2.51. The van der Waals surface area contributed by atoms with E-state index in [2.05, 4.69) is 6.92 Å². The molecule has 1 aliphatic carbocycles. The van der Waals surface area contributed by atoms with Crippen molar-refractivity contribution in [1.82, 2.24) is 0 Å². The van der Waals surface area contributed by atoms with Gasteiger partial charge in [0.2, 0.25) is 0 Å². The van der Waals surface area contributed by atoms with Gasteiger partial charge in [-0.25, -0.2) is 0 Å². The van der Waals surface area contributed by atoms with E-state index in [0.717, 1.165) is 0 Å². The molecule has 16 heavy (non-hydrogen) atoms. The van der Waals surface area contributed by atoms with E-state index in [1.165, 1.54) is 0 Å². The Hall–Kier alpha value is -0.160. The van der Waals surface area contributed by atoms with Crippen LogP contribution < -0.4 is 0 Å². The van der Waals surface area contributed by atoms with E-state index in [1.807, 2.05) is 6.92 Å². The maximum Gasteiger partial charge on any atom is 0.0913 e. The van der Waals surface area contributed by atoms with Crippen LogP contribution in [0.5, 0.6) is 0 Å². The van der Waals surface area contributed by atoms with Gasteiger partial charge in [-0.1, -0.05) is 6.92 Å². The lowest BCUT2D eigenvalue weighted by molar-refractivity contribution is -0.0757. The van der Waals surface area contributed by atoms with Crippen molar-refractivity contribution in [3.05, 3.63) is 0 Å². The van der Waals surface area contributed by atoms with Crippen LogP contribution in [0.3, 0.4) is 0 Å². The maximum absolute atomic E-state index is 9.87. The molecule has 6 unspecified atom stereocenters. The van der Waals surface area contributed by atoms with Gasteiger partial charge in [0.25, 0.3) is 0 Å². The lowest BCUT2D eigenvalue weighted by Crippen LogP contribution is -2.38. The van der Waals surface area contributed by atoms with Gasteiger partial charge in [0.05, 0.1) is 24.4 Å². The van der Waals surface area contributed by atoms with Gasteiger partial charge in [-0.3, -0.25) is 0 Å². The molecule has 0 bridgehead atoms. The van der Waals surface area contributed by atoms with Gasteiger partial charge in [0, 0.05) is 32.7 Å². The SMILES string of the molecule is CCOC1C(C)C(OC)C(OC)C1C(C)O. The Labute approximate surface area is 97.9 Å². The molecule has 0 saturated heterocycles. The van der Waals surface area contributed by atoms with Crippen molar-refractivity contribution in [3.63, 3.8) is 0 Å². The standard InChI is InChI=1S/C12H24O4/c1-6-16-10-7(2)11(14-4)12(15-5)9(10)8(3)13/h7-13H,6H2,1-5H3. The van der Waals surface area contributed by atoms with E-state index in [4.69, 9.17) is 14.2 Å². The molecule has 0 amide bonds. The molecule has 4 heteroatoms. The highest BCUT2D eigenvalue weighted by molar-refractivity contribution is 5.00. The van der Waals surface area contributed by atoms with Crippen molar-refractivity contribution < 1.29 is 19.3 Å². The molecule has 0 aromatic heterocycles. The summed E-state index contributed by atoms with van der Waals surface area (Å²) < 4.78 is 16.7. The Morgan fingerprint density at radius 3 is 2.06 bits per heavy atom. The van der Waals surface area contributed by atoms with Crippen LogP contribution in [0.2, 0.25) is 0 Å². The fraction of sp³-hybridized carbons (Fsp3) is 1.00. The first-order valence-corrected chi connectivity index (χ1v) is 5.93. The smallest absolute Gasteiger partial charge is 0.0913 e. The number of aliphatic hydroxyl groups excluding tert-OH is 1. The highest BCUT2D eigenvalue weighted by atomic mass is 16.5. The van der Waals surface area contributed by atoms with Crippen molar-refractivity contribution in [2.24, 2.45) is 11.8 Å². The Morgan fingerprint density at radius 2 is 1.69 bits per heavy atom. The number of hydrogen-bond acceptors (Lipinski definition) is 4. The molecule has 1 fully saturated rings. The van der Waals surface area contributed by atoms with Crippen LogP contribution in [0.15, 0.2) is 0 Å². The summed E-state index contributed by atoms with van der Waals surface area (Å²) in [4.78, 5) is 0. The van der Waals surface area contributed by atoms with Crippen LogP contribution in [-0.2, 0) is 14.2 Å². The summed E-state index contributed by atoms with van der Waals surface area (Å²) >= 11 is 0. The summed E-state index contributed by atoms with van der Waals surface area (Å²) in [7, 11) is 3.34. The van der Waals surface area contributed by atoms with Gasteiger partial charge < -0.3 is 19.3 Å². The molecule has 6 atom stereocenters. The minimum Gasteiger partial charge on any atom is -0.393 e.